The maximum atomic E-state index is 14.9. The van der Waals surface area contributed by atoms with Crippen molar-refractivity contribution in [2.45, 2.75) is 18.9 Å². The van der Waals surface area contributed by atoms with Crippen LogP contribution in [0.4, 0.5) is 4.39 Å². The van der Waals surface area contributed by atoms with Gasteiger partial charge in [-0.1, -0.05) is 66.7 Å². The van der Waals surface area contributed by atoms with Gasteiger partial charge >= 0.3 is 0 Å². The van der Waals surface area contributed by atoms with E-state index in [-0.39, 0.29) is 18.1 Å². The molecule has 3 aromatic carbocycles. The Morgan fingerprint density at radius 2 is 1.69 bits per heavy atom. The van der Waals surface area contributed by atoms with Crippen molar-refractivity contribution in [3.63, 3.8) is 0 Å². The van der Waals surface area contributed by atoms with Crippen molar-refractivity contribution in [2.75, 3.05) is 20.3 Å². The minimum absolute atomic E-state index is 0.129. The SMILES string of the molecule is COCCNC(=O)C[C@H](c1ccccc1F)c1cn(Cc2ccccc2)c2ccccc12. The lowest BCUT2D eigenvalue weighted by molar-refractivity contribution is -0.121. The van der Waals surface area contributed by atoms with Crippen LogP contribution < -0.4 is 5.32 Å². The second kappa shape index (κ2) is 10.2. The van der Waals surface area contributed by atoms with E-state index < -0.39 is 5.92 Å². The molecule has 164 valence electrons. The number of nitrogens with one attached hydrogen (secondary N) is 1. The number of aromatic nitrogens is 1. The zero-order chi connectivity index (χ0) is 22.3. The number of fused-ring (bicyclic) bond motifs is 1. The van der Waals surface area contributed by atoms with E-state index >= 15 is 0 Å². The second-order valence-electron chi connectivity index (χ2n) is 7.84. The van der Waals surface area contributed by atoms with E-state index in [9.17, 15) is 9.18 Å². The number of hydrogen-bond acceptors (Lipinski definition) is 2. The number of nitrogens with zero attached hydrogens (tertiary/aromatic N) is 1. The van der Waals surface area contributed by atoms with Crippen molar-refractivity contribution in [1.29, 1.82) is 0 Å². The molecule has 0 saturated carbocycles. The van der Waals surface area contributed by atoms with E-state index in [0.29, 0.717) is 25.3 Å². The van der Waals surface area contributed by atoms with Crippen molar-refractivity contribution < 1.29 is 13.9 Å². The van der Waals surface area contributed by atoms with Gasteiger partial charge in [0.15, 0.2) is 0 Å². The highest BCUT2D eigenvalue weighted by Gasteiger charge is 2.25. The number of carbonyl (C=O) groups is 1. The predicted octanol–water partition coefficient (Wildman–Crippen LogP) is 5.11. The number of carbonyl (C=O) groups excluding carboxylic acids is 1. The number of benzene rings is 3. The van der Waals surface area contributed by atoms with Crippen molar-refractivity contribution in [1.82, 2.24) is 9.88 Å². The van der Waals surface area contributed by atoms with E-state index in [1.807, 2.05) is 42.5 Å². The number of halogens is 1. The molecule has 0 aliphatic heterocycles. The Morgan fingerprint density at radius 3 is 2.47 bits per heavy atom. The first-order chi connectivity index (χ1) is 15.7. The van der Waals surface area contributed by atoms with E-state index in [1.165, 1.54) is 11.6 Å². The van der Waals surface area contributed by atoms with Gasteiger partial charge in [0.25, 0.3) is 0 Å². The summed E-state index contributed by atoms with van der Waals surface area (Å²) >= 11 is 0. The third-order valence-corrected chi connectivity index (χ3v) is 5.69. The van der Waals surface area contributed by atoms with Gasteiger partial charge in [-0.15, -0.1) is 0 Å². The van der Waals surface area contributed by atoms with Gasteiger partial charge in [0.05, 0.1) is 6.61 Å². The smallest absolute Gasteiger partial charge is 0.221 e. The first-order valence-electron chi connectivity index (χ1n) is 10.8. The van der Waals surface area contributed by atoms with Crippen molar-refractivity contribution >= 4 is 16.8 Å². The summed E-state index contributed by atoms with van der Waals surface area (Å²) in [7, 11) is 1.59. The molecule has 0 aliphatic carbocycles. The normalized spacial score (nSPS) is 12.1. The van der Waals surface area contributed by atoms with Crippen LogP contribution in [0, 0.1) is 5.82 Å². The standard InChI is InChI=1S/C27H27FN2O2/c1-32-16-15-29-27(31)17-23(21-11-5-7-13-25(21)28)24-19-30(18-20-9-3-2-4-10-20)26-14-8-6-12-22(24)26/h2-14,19,23H,15-18H2,1H3,(H,29,31)/t23-/m1/s1. The third kappa shape index (κ3) is 4.89. The van der Waals surface area contributed by atoms with E-state index in [4.69, 9.17) is 4.74 Å². The van der Waals surface area contributed by atoms with Crippen LogP contribution >= 0.6 is 0 Å². The van der Waals surface area contributed by atoms with Gasteiger partial charge in [-0.3, -0.25) is 4.79 Å². The zero-order valence-electron chi connectivity index (χ0n) is 18.1. The molecule has 0 spiro atoms. The number of hydrogen-bond donors (Lipinski definition) is 1. The summed E-state index contributed by atoms with van der Waals surface area (Å²) in [4.78, 5) is 12.7. The molecule has 1 aromatic heterocycles. The van der Waals surface area contributed by atoms with Gasteiger partial charge in [-0.2, -0.15) is 0 Å². The number of para-hydroxylation sites is 1. The topological polar surface area (TPSA) is 43.3 Å². The van der Waals surface area contributed by atoms with Crippen LogP contribution in [0.5, 0.6) is 0 Å². The Hall–Kier alpha value is -3.44. The van der Waals surface area contributed by atoms with E-state index in [0.717, 1.165) is 16.5 Å². The summed E-state index contributed by atoms with van der Waals surface area (Å²) in [6.07, 6.45) is 2.22. The first kappa shape index (κ1) is 21.8. The van der Waals surface area contributed by atoms with Crippen LogP contribution in [0.2, 0.25) is 0 Å². The summed E-state index contributed by atoms with van der Waals surface area (Å²) in [5, 5.41) is 3.90. The molecule has 0 bridgehead atoms. The minimum Gasteiger partial charge on any atom is -0.383 e. The summed E-state index contributed by atoms with van der Waals surface area (Å²) in [6, 6.07) is 25.0. The molecule has 0 aliphatic rings. The molecule has 4 nitrogen and oxygen atoms in total. The molecule has 0 unspecified atom stereocenters. The lowest BCUT2D eigenvalue weighted by atomic mass is 9.87. The number of rotatable bonds is 9. The van der Waals surface area contributed by atoms with Gasteiger partial charge in [0.2, 0.25) is 5.91 Å². The average Bonchev–Trinajstić information content (AvgIpc) is 3.17. The molecular formula is C27H27FN2O2. The minimum atomic E-state index is -0.402. The molecule has 1 atom stereocenters. The summed E-state index contributed by atoms with van der Waals surface area (Å²) in [5.74, 6) is -0.835. The molecule has 0 fully saturated rings. The number of methoxy groups -OCH3 is 1. The van der Waals surface area contributed by atoms with Crippen LogP contribution in [0.15, 0.2) is 85.1 Å². The van der Waals surface area contributed by atoms with Crippen LogP contribution in [-0.4, -0.2) is 30.7 Å². The van der Waals surface area contributed by atoms with Gasteiger partial charge in [-0.25, -0.2) is 4.39 Å². The Labute approximate surface area is 187 Å². The van der Waals surface area contributed by atoms with Crippen molar-refractivity contribution in [3.8, 4) is 0 Å². The fourth-order valence-electron chi connectivity index (χ4n) is 4.16. The lowest BCUT2D eigenvalue weighted by Gasteiger charge is -2.18. The Morgan fingerprint density at radius 1 is 0.969 bits per heavy atom. The number of ether oxygens (including phenoxy) is 1. The maximum absolute atomic E-state index is 14.9. The molecule has 1 heterocycles. The van der Waals surface area contributed by atoms with Gasteiger partial charge in [-0.05, 0) is 28.8 Å². The fourth-order valence-corrected chi connectivity index (χ4v) is 4.16. The molecule has 4 rings (SSSR count). The second-order valence-corrected chi connectivity index (χ2v) is 7.84. The van der Waals surface area contributed by atoms with E-state index in [1.54, 1.807) is 19.2 Å². The van der Waals surface area contributed by atoms with Crippen LogP contribution in [0.1, 0.15) is 29.0 Å². The maximum Gasteiger partial charge on any atom is 0.221 e. The van der Waals surface area contributed by atoms with Crippen LogP contribution in [0.25, 0.3) is 10.9 Å². The quantitative estimate of drug-likeness (QED) is 0.375. The molecule has 0 radical (unpaired) electrons. The van der Waals surface area contributed by atoms with Crippen LogP contribution in [0.3, 0.4) is 0 Å². The Kier molecular flexibility index (Phi) is 6.97. The highest BCUT2D eigenvalue weighted by molar-refractivity contribution is 5.86. The monoisotopic (exact) mass is 430 g/mol. The largest absolute Gasteiger partial charge is 0.383 e. The Bertz CT molecular complexity index is 1190. The highest BCUT2D eigenvalue weighted by Crippen LogP contribution is 2.36. The van der Waals surface area contributed by atoms with Crippen molar-refractivity contribution in [3.05, 3.63) is 108 Å². The lowest BCUT2D eigenvalue weighted by Crippen LogP contribution is -2.28. The molecule has 5 heteroatoms. The molecule has 1 amide bonds. The molecule has 4 aromatic rings. The summed E-state index contributed by atoms with van der Waals surface area (Å²) < 4.78 is 22.1. The van der Waals surface area contributed by atoms with E-state index in [2.05, 4.69) is 34.3 Å². The van der Waals surface area contributed by atoms with Gasteiger partial charge < -0.3 is 14.6 Å². The highest BCUT2D eigenvalue weighted by atomic mass is 19.1. The first-order valence-corrected chi connectivity index (χ1v) is 10.8. The summed E-state index contributed by atoms with van der Waals surface area (Å²) in [6.45, 7) is 1.56. The number of amides is 1. The summed E-state index contributed by atoms with van der Waals surface area (Å²) in [5.41, 5.74) is 3.72. The third-order valence-electron chi connectivity index (χ3n) is 5.69. The zero-order valence-corrected chi connectivity index (χ0v) is 18.1. The van der Waals surface area contributed by atoms with Crippen molar-refractivity contribution in [2.24, 2.45) is 0 Å². The molecule has 1 N–H and O–H groups in total. The van der Waals surface area contributed by atoms with Gasteiger partial charge in [0.1, 0.15) is 5.82 Å². The predicted molar refractivity (Wildman–Crippen MR) is 125 cm³/mol. The van der Waals surface area contributed by atoms with Crippen LogP contribution in [-0.2, 0) is 16.1 Å². The molecule has 0 saturated heterocycles. The van der Waals surface area contributed by atoms with Gasteiger partial charge in [0, 0.05) is 49.6 Å². The fraction of sp³-hybridized carbons (Fsp3) is 0.222. The average molecular weight is 431 g/mol. The molecule has 32 heavy (non-hydrogen) atoms. The molecular weight excluding hydrogens is 403 g/mol. The Balaban J connectivity index is 1.76.